The monoisotopic (exact) mass is 372 g/mol. The maximum atomic E-state index is 12.5. The minimum Gasteiger partial charge on any atom is -0.448 e. The molecule has 0 bridgehead atoms. The summed E-state index contributed by atoms with van der Waals surface area (Å²) in [6.07, 6.45) is -0.514. The molecule has 6 heteroatoms. The second-order valence-electron chi connectivity index (χ2n) is 6.11. The summed E-state index contributed by atoms with van der Waals surface area (Å²) >= 11 is 5.91. The van der Waals surface area contributed by atoms with Gasteiger partial charge in [0.05, 0.1) is 5.56 Å². The lowest BCUT2D eigenvalue weighted by Crippen LogP contribution is -2.38. The Hall–Kier alpha value is -2.53. The number of cyclic esters (lactones) is 1. The van der Waals surface area contributed by atoms with Crippen LogP contribution in [0.15, 0.2) is 42.5 Å². The number of nitrogens with one attached hydrogen (secondary N) is 1. The molecule has 1 aliphatic rings. The Kier molecular flexibility index (Phi) is 5.47. The predicted molar refractivity (Wildman–Crippen MR) is 103 cm³/mol. The van der Waals surface area contributed by atoms with Crippen molar-refractivity contribution in [1.82, 2.24) is 0 Å². The third kappa shape index (κ3) is 3.83. The van der Waals surface area contributed by atoms with Crippen LogP contribution in [0.5, 0.6) is 0 Å². The largest absolute Gasteiger partial charge is 0.448 e. The Labute approximate surface area is 157 Å². The van der Waals surface area contributed by atoms with Crippen molar-refractivity contribution in [3.63, 3.8) is 0 Å². The van der Waals surface area contributed by atoms with E-state index < -0.39 is 12.1 Å². The maximum Gasteiger partial charge on any atom is 0.339 e. The zero-order valence-corrected chi connectivity index (χ0v) is 15.5. The summed E-state index contributed by atoms with van der Waals surface area (Å²) in [5, 5.41) is 3.29. The van der Waals surface area contributed by atoms with Gasteiger partial charge in [0.1, 0.15) is 0 Å². The second kappa shape index (κ2) is 7.79. The lowest BCUT2D eigenvalue weighted by molar-refractivity contribution is -0.125. The number of carbonyl (C=O) groups is 2. The molecule has 0 aliphatic carbocycles. The molecule has 1 heterocycles. The highest BCUT2D eigenvalue weighted by molar-refractivity contribution is 6.31. The molecule has 0 fully saturated rings. The molecule has 1 N–H and O–H groups in total. The Morgan fingerprint density at radius 3 is 2.54 bits per heavy atom. The summed E-state index contributed by atoms with van der Waals surface area (Å²) in [6, 6.07) is 12.7. The Bertz CT molecular complexity index is 816. The first-order chi connectivity index (χ1) is 12.5. The summed E-state index contributed by atoms with van der Waals surface area (Å²) < 4.78 is 5.28. The molecule has 0 aromatic heterocycles. The van der Waals surface area contributed by atoms with E-state index in [-0.39, 0.29) is 5.91 Å². The van der Waals surface area contributed by atoms with Crippen LogP contribution in [-0.4, -0.2) is 31.1 Å². The van der Waals surface area contributed by atoms with Crippen LogP contribution in [0, 0.1) is 0 Å². The minimum atomic E-state index is -0.848. The molecule has 0 saturated heterocycles. The first kappa shape index (κ1) is 18.3. The summed E-state index contributed by atoms with van der Waals surface area (Å²) in [7, 11) is 0. The van der Waals surface area contributed by atoms with Crippen LogP contribution in [0.25, 0.3) is 0 Å². The molecule has 5 nitrogen and oxygen atoms in total. The topological polar surface area (TPSA) is 58.6 Å². The van der Waals surface area contributed by atoms with Crippen molar-refractivity contribution in [1.29, 1.82) is 0 Å². The van der Waals surface area contributed by atoms with E-state index in [0.29, 0.717) is 22.7 Å². The van der Waals surface area contributed by atoms with Crippen LogP contribution in [-0.2, 0) is 16.0 Å². The first-order valence-electron chi connectivity index (χ1n) is 8.67. The van der Waals surface area contributed by atoms with E-state index in [1.807, 2.05) is 24.3 Å². The molecular formula is C20H21ClN2O3. The first-order valence-corrected chi connectivity index (χ1v) is 9.05. The number of halogens is 1. The quantitative estimate of drug-likeness (QED) is 0.808. The number of benzene rings is 2. The van der Waals surface area contributed by atoms with Crippen LogP contribution >= 0.6 is 11.6 Å². The number of hydrogen-bond acceptors (Lipinski definition) is 4. The van der Waals surface area contributed by atoms with E-state index in [1.54, 1.807) is 18.2 Å². The molecule has 1 aliphatic heterocycles. The van der Waals surface area contributed by atoms with Gasteiger partial charge in [-0.3, -0.25) is 4.79 Å². The predicted octanol–water partition coefficient (Wildman–Crippen LogP) is 3.91. The summed E-state index contributed by atoms with van der Waals surface area (Å²) in [4.78, 5) is 26.8. The van der Waals surface area contributed by atoms with E-state index in [0.717, 1.165) is 24.3 Å². The van der Waals surface area contributed by atoms with E-state index in [4.69, 9.17) is 16.3 Å². The molecule has 136 valence electrons. The minimum absolute atomic E-state index is 0.335. The molecule has 1 amide bonds. The smallest absolute Gasteiger partial charge is 0.339 e. The highest BCUT2D eigenvalue weighted by Gasteiger charge is 2.31. The maximum absolute atomic E-state index is 12.5. The van der Waals surface area contributed by atoms with Gasteiger partial charge in [-0.05, 0) is 55.8 Å². The zero-order valence-electron chi connectivity index (χ0n) is 14.8. The Morgan fingerprint density at radius 2 is 1.88 bits per heavy atom. The second-order valence-corrected chi connectivity index (χ2v) is 6.54. The van der Waals surface area contributed by atoms with Crippen LogP contribution < -0.4 is 10.2 Å². The van der Waals surface area contributed by atoms with Gasteiger partial charge in [-0.25, -0.2) is 4.79 Å². The van der Waals surface area contributed by atoms with Crippen molar-refractivity contribution in [2.75, 3.05) is 23.3 Å². The molecule has 0 unspecified atom stereocenters. The van der Waals surface area contributed by atoms with E-state index in [9.17, 15) is 9.59 Å². The fourth-order valence-corrected chi connectivity index (χ4v) is 3.24. The van der Waals surface area contributed by atoms with Gasteiger partial charge >= 0.3 is 5.97 Å². The Morgan fingerprint density at radius 1 is 1.19 bits per heavy atom. The fraction of sp³-hybridized carbons (Fsp3) is 0.300. The van der Waals surface area contributed by atoms with Gasteiger partial charge in [0.2, 0.25) is 0 Å². The van der Waals surface area contributed by atoms with Crippen molar-refractivity contribution in [2.24, 2.45) is 0 Å². The summed E-state index contributed by atoms with van der Waals surface area (Å²) in [6.45, 7) is 6.04. The van der Waals surface area contributed by atoms with Gasteiger partial charge in [-0.1, -0.05) is 17.7 Å². The third-order valence-electron chi connectivity index (χ3n) is 4.50. The summed E-state index contributed by atoms with van der Waals surface area (Å²) in [5.74, 6) is -0.861. The molecule has 0 saturated carbocycles. The lowest BCUT2D eigenvalue weighted by atomic mass is 9.98. The highest BCUT2D eigenvalue weighted by atomic mass is 35.5. The number of anilines is 2. The van der Waals surface area contributed by atoms with Crippen molar-refractivity contribution in [3.05, 3.63) is 58.6 Å². The van der Waals surface area contributed by atoms with Gasteiger partial charge in [0.15, 0.2) is 6.10 Å². The number of hydrogen-bond donors (Lipinski definition) is 1. The molecule has 0 radical (unpaired) electrons. The molecule has 2 aromatic carbocycles. The molecule has 26 heavy (non-hydrogen) atoms. The normalized spacial score (nSPS) is 15.8. The van der Waals surface area contributed by atoms with Crippen molar-refractivity contribution < 1.29 is 14.3 Å². The van der Waals surface area contributed by atoms with E-state index in [1.165, 1.54) is 0 Å². The standard InChI is InChI=1S/C20H21ClN2O3/c1-3-23(4-2)16-9-7-15(8-10-16)22-19(24)18-11-13-5-6-14(21)12-17(13)20(25)26-18/h5-10,12,18H,3-4,11H2,1-2H3,(H,22,24)/t18-/m0/s1. The van der Waals surface area contributed by atoms with Gasteiger partial charge in [0, 0.05) is 35.9 Å². The van der Waals surface area contributed by atoms with Gasteiger partial charge in [0.25, 0.3) is 5.91 Å². The summed E-state index contributed by atoms with van der Waals surface area (Å²) in [5.41, 5.74) is 2.96. The average molecular weight is 373 g/mol. The molecule has 1 atom stereocenters. The molecule has 0 spiro atoms. The lowest BCUT2D eigenvalue weighted by Gasteiger charge is -2.24. The average Bonchev–Trinajstić information content (AvgIpc) is 2.64. The Balaban J connectivity index is 1.69. The van der Waals surface area contributed by atoms with Crippen LogP contribution in [0.3, 0.4) is 0 Å². The number of ether oxygens (including phenoxy) is 1. The SMILES string of the molecule is CCN(CC)c1ccc(NC(=O)[C@@H]2Cc3ccc(Cl)cc3C(=O)O2)cc1. The van der Waals surface area contributed by atoms with E-state index in [2.05, 4.69) is 24.1 Å². The van der Waals surface area contributed by atoms with Crippen LogP contribution in [0.4, 0.5) is 11.4 Å². The van der Waals surface area contributed by atoms with Crippen LogP contribution in [0.1, 0.15) is 29.8 Å². The molecule has 2 aromatic rings. The number of esters is 1. The van der Waals surface area contributed by atoms with E-state index >= 15 is 0 Å². The van der Waals surface area contributed by atoms with Crippen molar-refractivity contribution in [2.45, 2.75) is 26.4 Å². The van der Waals surface area contributed by atoms with Crippen molar-refractivity contribution >= 4 is 34.9 Å². The highest BCUT2D eigenvalue weighted by Crippen LogP contribution is 2.25. The van der Waals surface area contributed by atoms with Gasteiger partial charge in [-0.15, -0.1) is 0 Å². The number of nitrogens with zero attached hydrogens (tertiary/aromatic N) is 1. The number of amides is 1. The zero-order chi connectivity index (χ0) is 18.7. The third-order valence-corrected chi connectivity index (χ3v) is 4.74. The van der Waals surface area contributed by atoms with Gasteiger partial charge in [-0.2, -0.15) is 0 Å². The fourth-order valence-electron chi connectivity index (χ4n) is 3.06. The molecular weight excluding hydrogens is 352 g/mol. The molecule has 3 rings (SSSR count). The number of rotatable bonds is 5. The van der Waals surface area contributed by atoms with Gasteiger partial charge < -0.3 is 15.0 Å². The van der Waals surface area contributed by atoms with Crippen LogP contribution in [0.2, 0.25) is 5.02 Å². The van der Waals surface area contributed by atoms with Crippen molar-refractivity contribution in [3.8, 4) is 0 Å². The number of fused-ring (bicyclic) bond motifs is 1. The number of carbonyl (C=O) groups excluding carboxylic acids is 2.